The number of aromatic hydroxyl groups is 1. The zero-order valence-electron chi connectivity index (χ0n) is 17.4. The summed E-state index contributed by atoms with van der Waals surface area (Å²) in [4.78, 5) is 18.1. The maximum atomic E-state index is 13.4. The van der Waals surface area contributed by atoms with Crippen molar-refractivity contribution in [2.75, 3.05) is 10.6 Å². The molecule has 0 bridgehead atoms. The van der Waals surface area contributed by atoms with E-state index in [0.717, 1.165) is 5.56 Å². The average Bonchev–Trinajstić information content (AvgIpc) is 3.23. The maximum absolute atomic E-state index is 13.4. The van der Waals surface area contributed by atoms with Gasteiger partial charge in [-0.3, -0.25) is 4.79 Å². The van der Waals surface area contributed by atoms with Gasteiger partial charge < -0.3 is 15.7 Å². The van der Waals surface area contributed by atoms with Gasteiger partial charge in [-0.2, -0.15) is 4.98 Å². The van der Waals surface area contributed by atoms with Crippen molar-refractivity contribution in [3.8, 4) is 17.1 Å². The largest absolute Gasteiger partial charge is 0.508 e. The molecular weight excluding hydrogens is 402 g/mol. The molecule has 0 saturated heterocycles. The molecule has 3 N–H and O–H groups in total. The number of phenolic OH excluding ortho intramolecular Hbond substituents is 1. The van der Waals surface area contributed by atoms with E-state index in [9.17, 15) is 9.90 Å². The standard InChI is InChI=1S/C25H21N5O2/c1-16-21(24(32)27-18-12-6-3-7-13-18)22(19-14-8-9-15-20(19)31)30-25(26-16)28-23(29-30)17-10-4-2-5-11-17/h2-15,22,31H,1H3,(H,27,32)(H,26,28,29). The van der Waals surface area contributed by atoms with Gasteiger partial charge in [0.1, 0.15) is 11.8 Å². The molecule has 2 heterocycles. The van der Waals surface area contributed by atoms with Crippen molar-refractivity contribution in [1.82, 2.24) is 14.8 Å². The first-order valence-electron chi connectivity index (χ1n) is 10.3. The van der Waals surface area contributed by atoms with E-state index < -0.39 is 6.04 Å². The highest BCUT2D eigenvalue weighted by molar-refractivity contribution is 6.06. The van der Waals surface area contributed by atoms with Crippen LogP contribution in [0, 0.1) is 0 Å². The first kappa shape index (κ1) is 19.6. The zero-order valence-corrected chi connectivity index (χ0v) is 17.4. The zero-order chi connectivity index (χ0) is 22.1. The SMILES string of the molecule is CC1=C(C(=O)Nc2ccccc2)C(c2ccccc2O)n2nc(-c3ccccc3)nc2N1. The molecule has 7 nitrogen and oxygen atoms in total. The summed E-state index contributed by atoms with van der Waals surface area (Å²) in [6, 6.07) is 25.2. The van der Waals surface area contributed by atoms with Crippen molar-refractivity contribution in [3.05, 3.63) is 102 Å². The summed E-state index contributed by atoms with van der Waals surface area (Å²) in [6.07, 6.45) is 0. The van der Waals surface area contributed by atoms with Crippen LogP contribution in [0.25, 0.3) is 11.4 Å². The van der Waals surface area contributed by atoms with Crippen LogP contribution >= 0.6 is 0 Å². The Labute approximate surface area is 185 Å². The number of phenols is 1. The molecule has 1 aliphatic rings. The summed E-state index contributed by atoms with van der Waals surface area (Å²) in [6.45, 7) is 1.83. The molecule has 1 unspecified atom stereocenters. The van der Waals surface area contributed by atoms with Crippen LogP contribution in [-0.2, 0) is 4.79 Å². The van der Waals surface area contributed by atoms with Crippen molar-refractivity contribution in [3.63, 3.8) is 0 Å². The molecule has 0 radical (unpaired) electrons. The molecule has 5 rings (SSSR count). The van der Waals surface area contributed by atoms with Crippen LogP contribution in [-0.4, -0.2) is 25.8 Å². The van der Waals surface area contributed by atoms with Gasteiger partial charge in [-0.15, -0.1) is 5.10 Å². The second-order valence-electron chi connectivity index (χ2n) is 7.51. The van der Waals surface area contributed by atoms with Crippen LogP contribution in [0.3, 0.4) is 0 Å². The molecule has 0 aliphatic carbocycles. The predicted molar refractivity (Wildman–Crippen MR) is 123 cm³/mol. The van der Waals surface area contributed by atoms with E-state index in [-0.39, 0.29) is 11.7 Å². The van der Waals surface area contributed by atoms with Gasteiger partial charge >= 0.3 is 0 Å². The van der Waals surface area contributed by atoms with Gasteiger partial charge in [0, 0.05) is 22.5 Å². The lowest BCUT2D eigenvalue weighted by Crippen LogP contribution is -2.31. The third-order valence-corrected chi connectivity index (χ3v) is 5.39. The van der Waals surface area contributed by atoms with Crippen LogP contribution in [0.2, 0.25) is 0 Å². The van der Waals surface area contributed by atoms with Gasteiger partial charge in [0.15, 0.2) is 5.82 Å². The van der Waals surface area contributed by atoms with Gasteiger partial charge in [-0.25, -0.2) is 4.68 Å². The number of hydrogen-bond acceptors (Lipinski definition) is 5. The fourth-order valence-corrected chi connectivity index (χ4v) is 3.88. The number of hydrogen-bond donors (Lipinski definition) is 3. The van der Waals surface area contributed by atoms with Gasteiger partial charge in [0.05, 0.1) is 5.57 Å². The number of allylic oxidation sites excluding steroid dienone is 1. The molecule has 1 aliphatic heterocycles. The topological polar surface area (TPSA) is 92.1 Å². The summed E-state index contributed by atoms with van der Waals surface area (Å²) in [5, 5.41) is 21.5. The summed E-state index contributed by atoms with van der Waals surface area (Å²) in [7, 11) is 0. The van der Waals surface area contributed by atoms with Gasteiger partial charge in [0.2, 0.25) is 5.95 Å². The number of nitrogens with one attached hydrogen (secondary N) is 2. The second-order valence-corrected chi connectivity index (χ2v) is 7.51. The van der Waals surface area contributed by atoms with Crippen molar-refractivity contribution >= 4 is 17.5 Å². The molecular formula is C25H21N5O2. The first-order chi connectivity index (χ1) is 15.6. The minimum Gasteiger partial charge on any atom is -0.508 e. The Bertz CT molecular complexity index is 1310. The summed E-state index contributed by atoms with van der Waals surface area (Å²) in [5.74, 6) is 0.841. The Morgan fingerprint density at radius 1 is 0.969 bits per heavy atom. The molecule has 0 spiro atoms. The number of carbonyl (C=O) groups is 1. The van der Waals surface area contributed by atoms with E-state index in [1.165, 1.54) is 0 Å². The molecule has 0 saturated carbocycles. The number of anilines is 2. The third kappa shape index (κ3) is 3.50. The molecule has 1 amide bonds. The van der Waals surface area contributed by atoms with Gasteiger partial charge in [0.25, 0.3) is 5.91 Å². The number of rotatable bonds is 4. The van der Waals surface area contributed by atoms with E-state index in [1.807, 2.05) is 73.7 Å². The fraction of sp³-hybridized carbons (Fsp3) is 0.0800. The molecule has 7 heteroatoms. The fourth-order valence-electron chi connectivity index (χ4n) is 3.88. The predicted octanol–water partition coefficient (Wildman–Crippen LogP) is 4.58. The average molecular weight is 423 g/mol. The lowest BCUT2D eigenvalue weighted by Gasteiger charge is -2.29. The van der Waals surface area contributed by atoms with Crippen molar-refractivity contribution < 1.29 is 9.90 Å². The molecule has 0 fully saturated rings. The number of carbonyl (C=O) groups excluding carboxylic acids is 1. The molecule has 1 aromatic heterocycles. The highest BCUT2D eigenvalue weighted by atomic mass is 16.3. The number of benzene rings is 3. The van der Waals surface area contributed by atoms with Crippen LogP contribution in [0.1, 0.15) is 18.5 Å². The van der Waals surface area contributed by atoms with Crippen molar-refractivity contribution in [1.29, 1.82) is 0 Å². The minimum atomic E-state index is -0.652. The summed E-state index contributed by atoms with van der Waals surface area (Å²) in [5.41, 5.74) is 3.21. The van der Waals surface area contributed by atoms with Crippen LogP contribution < -0.4 is 10.6 Å². The minimum absolute atomic E-state index is 0.0833. The number of para-hydroxylation sites is 2. The Balaban J connectivity index is 1.63. The quantitative estimate of drug-likeness (QED) is 0.447. The van der Waals surface area contributed by atoms with E-state index >= 15 is 0 Å². The highest BCUT2D eigenvalue weighted by Gasteiger charge is 2.35. The van der Waals surface area contributed by atoms with Crippen LogP contribution in [0.5, 0.6) is 5.75 Å². The van der Waals surface area contributed by atoms with Gasteiger partial charge in [-0.1, -0.05) is 66.7 Å². The third-order valence-electron chi connectivity index (χ3n) is 5.39. The summed E-state index contributed by atoms with van der Waals surface area (Å²) < 4.78 is 1.66. The molecule has 1 atom stereocenters. The Morgan fingerprint density at radius 2 is 1.62 bits per heavy atom. The number of fused-ring (bicyclic) bond motifs is 1. The number of nitrogens with zero attached hydrogens (tertiary/aromatic N) is 3. The maximum Gasteiger partial charge on any atom is 0.255 e. The van der Waals surface area contributed by atoms with E-state index in [4.69, 9.17) is 5.10 Å². The summed E-state index contributed by atoms with van der Waals surface area (Å²) >= 11 is 0. The number of amides is 1. The van der Waals surface area contributed by atoms with Crippen molar-refractivity contribution in [2.45, 2.75) is 13.0 Å². The van der Waals surface area contributed by atoms with E-state index in [0.29, 0.717) is 34.3 Å². The monoisotopic (exact) mass is 423 g/mol. The second kappa shape index (κ2) is 8.03. The Hall–Kier alpha value is -4.39. The van der Waals surface area contributed by atoms with Crippen LogP contribution in [0.15, 0.2) is 96.2 Å². The van der Waals surface area contributed by atoms with Crippen LogP contribution in [0.4, 0.5) is 11.6 Å². The smallest absolute Gasteiger partial charge is 0.255 e. The normalized spacial score (nSPS) is 15.1. The Morgan fingerprint density at radius 3 is 2.34 bits per heavy atom. The molecule has 32 heavy (non-hydrogen) atoms. The molecule has 4 aromatic rings. The van der Waals surface area contributed by atoms with E-state index in [2.05, 4.69) is 15.6 Å². The van der Waals surface area contributed by atoms with Crippen molar-refractivity contribution in [2.24, 2.45) is 0 Å². The van der Waals surface area contributed by atoms with E-state index in [1.54, 1.807) is 22.9 Å². The number of aromatic nitrogens is 3. The molecule has 3 aromatic carbocycles. The first-order valence-corrected chi connectivity index (χ1v) is 10.3. The van der Waals surface area contributed by atoms with Gasteiger partial charge in [-0.05, 0) is 25.1 Å². The lowest BCUT2D eigenvalue weighted by atomic mass is 9.94. The highest BCUT2D eigenvalue weighted by Crippen LogP contribution is 2.39. The Kier molecular flexibility index (Phi) is 4.91. The molecule has 158 valence electrons. The lowest BCUT2D eigenvalue weighted by molar-refractivity contribution is -0.113.